The molecular formula is C36H48N6O7. The minimum atomic E-state index is -0.564. The Balaban J connectivity index is 0.000000284. The minimum Gasteiger partial charge on any atom is -0.466 e. The Hall–Kier alpha value is -5.30. The van der Waals surface area contributed by atoms with Crippen molar-refractivity contribution in [3.8, 4) is 0 Å². The molecular weight excluding hydrogens is 628 g/mol. The van der Waals surface area contributed by atoms with Crippen LogP contribution in [0.4, 0.5) is 11.4 Å². The van der Waals surface area contributed by atoms with Crippen molar-refractivity contribution in [3.05, 3.63) is 83.2 Å². The van der Waals surface area contributed by atoms with Gasteiger partial charge in [-0.05, 0) is 49.3 Å². The molecule has 0 spiro atoms. The zero-order chi connectivity index (χ0) is 36.8. The highest BCUT2D eigenvalue weighted by Crippen LogP contribution is 2.47. The molecule has 2 heterocycles. The number of hydrogen-bond acceptors (Lipinski definition) is 11. The molecule has 0 bridgehead atoms. The molecule has 0 aromatic heterocycles. The average Bonchev–Trinajstić information content (AvgIpc) is 3.38. The topological polar surface area (TPSA) is 173 Å². The van der Waals surface area contributed by atoms with Crippen LogP contribution in [0, 0.1) is 0 Å². The first-order valence-electron chi connectivity index (χ1n) is 15.8. The molecule has 2 aromatic carbocycles. The second-order valence-electron chi connectivity index (χ2n) is 12.0. The lowest BCUT2D eigenvalue weighted by Gasteiger charge is -2.23. The van der Waals surface area contributed by atoms with Crippen molar-refractivity contribution < 1.29 is 33.4 Å². The van der Waals surface area contributed by atoms with E-state index in [9.17, 15) is 24.0 Å². The van der Waals surface area contributed by atoms with Gasteiger partial charge in [-0.15, -0.1) is 0 Å². The van der Waals surface area contributed by atoms with Gasteiger partial charge in [-0.1, -0.05) is 64.1 Å². The summed E-state index contributed by atoms with van der Waals surface area (Å²) in [5.41, 5.74) is 10.9. The fourth-order valence-corrected chi connectivity index (χ4v) is 5.66. The number of anilines is 2. The molecule has 4 N–H and O–H groups in total. The van der Waals surface area contributed by atoms with Crippen LogP contribution in [0.3, 0.4) is 0 Å². The number of nitrogens with two attached hydrogens (primary N) is 1. The van der Waals surface area contributed by atoms with E-state index in [-0.39, 0.29) is 36.9 Å². The molecule has 0 atom stereocenters. The number of ether oxygens (including phenoxy) is 2. The Labute approximate surface area is 288 Å². The molecule has 2 amide bonds. The number of carbonyl (C=O) groups is 5. The van der Waals surface area contributed by atoms with Crippen molar-refractivity contribution in [2.45, 2.75) is 65.2 Å². The summed E-state index contributed by atoms with van der Waals surface area (Å²) in [5, 5.41) is 3.88. The number of hydrazine groups is 1. The number of fused-ring (bicyclic) bond motifs is 2. The third kappa shape index (κ3) is 10.3. The number of para-hydroxylation sites is 2. The summed E-state index contributed by atoms with van der Waals surface area (Å²) in [6, 6.07) is 16.5. The maximum Gasteiger partial charge on any atom is 0.315 e. The molecule has 13 nitrogen and oxygen atoms in total. The quantitative estimate of drug-likeness (QED) is 0.0519. The first kappa shape index (κ1) is 39.9. The van der Waals surface area contributed by atoms with Crippen molar-refractivity contribution in [3.63, 3.8) is 0 Å². The third-order valence-electron chi connectivity index (χ3n) is 7.98. The maximum atomic E-state index is 11.5. The number of nitrogens with zero attached hydrogens (tertiary/aromatic N) is 3. The van der Waals surface area contributed by atoms with Crippen molar-refractivity contribution in [2.75, 3.05) is 37.1 Å². The molecule has 13 heteroatoms. The molecule has 0 saturated carbocycles. The number of benzene rings is 2. The second kappa shape index (κ2) is 18.3. The smallest absolute Gasteiger partial charge is 0.315 e. The fraction of sp³-hybridized carbons (Fsp3) is 0.389. The molecule has 2 aromatic rings. The molecule has 0 radical (unpaired) electrons. The van der Waals surface area contributed by atoms with Crippen molar-refractivity contribution >= 4 is 47.6 Å². The Morgan fingerprint density at radius 3 is 1.59 bits per heavy atom. The summed E-state index contributed by atoms with van der Waals surface area (Å²) in [6.07, 6.45) is 5.26. The Kier molecular flexibility index (Phi) is 14.9. The van der Waals surface area contributed by atoms with E-state index < -0.39 is 23.8 Å². The predicted octanol–water partition coefficient (Wildman–Crippen LogP) is 3.78. The summed E-state index contributed by atoms with van der Waals surface area (Å²) < 4.78 is 9.17. The van der Waals surface area contributed by atoms with Crippen LogP contribution in [-0.4, -0.2) is 63.6 Å². The first-order chi connectivity index (χ1) is 23.2. The Morgan fingerprint density at radius 1 is 0.755 bits per heavy atom. The van der Waals surface area contributed by atoms with Crippen molar-refractivity contribution in [1.29, 1.82) is 0 Å². The SMILES string of the molecule is CCOC(=O)CC(=O)N/N=C/C=C1\N(C)c2ccccc2C1(C)C.CCOC(=O)CC(=O)NN.CN1/C(=C\C=O)C(C)(C)c2ccccc21. The lowest BCUT2D eigenvalue weighted by molar-refractivity contribution is -0.147. The Morgan fingerprint density at radius 2 is 1.18 bits per heavy atom. The van der Waals surface area contributed by atoms with Gasteiger partial charge in [0.15, 0.2) is 0 Å². The van der Waals surface area contributed by atoms with Gasteiger partial charge in [-0.25, -0.2) is 11.3 Å². The summed E-state index contributed by atoms with van der Waals surface area (Å²) in [5.74, 6) is 2.55. The van der Waals surface area contributed by atoms with Crippen LogP contribution in [0.5, 0.6) is 0 Å². The molecule has 2 aliphatic rings. The predicted molar refractivity (Wildman–Crippen MR) is 189 cm³/mol. The highest BCUT2D eigenvalue weighted by molar-refractivity contribution is 5.95. The maximum absolute atomic E-state index is 11.5. The molecule has 0 fully saturated rings. The summed E-state index contributed by atoms with van der Waals surface area (Å²) in [4.78, 5) is 58.4. The van der Waals surface area contributed by atoms with Crippen LogP contribution in [0.25, 0.3) is 0 Å². The number of rotatable bonds is 9. The number of carbonyl (C=O) groups excluding carboxylic acids is 5. The van der Waals surface area contributed by atoms with Gasteiger partial charge in [0.05, 0.1) is 13.2 Å². The molecule has 0 unspecified atom stereocenters. The molecule has 4 rings (SSSR count). The van der Waals surface area contributed by atoms with E-state index >= 15 is 0 Å². The van der Waals surface area contributed by atoms with Gasteiger partial charge < -0.3 is 19.3 Å². The highest BCUT2D eigenvalue weighted by atomic mass is 16.5. The lowest BCUT2D eigenvalue weighted by atomic mass is 9.84. The van der Waals surface area contributed by atoms with Gasteiger partial charge in [-0.2, -0.15) is 5.10 Å². The lowest BCUT2D eigenvalue weighted by Crippen LogP contribution is -2.32. The van der Waals surface area contributed by atoms with Gasteiger partial charge in [-0.3, -0.25) is 29.4 Å². The number of aldehydes is 1. The third-order valence-corrected chi connectivity index (χ3v) is 7.98. The zero-order valence-corrected chi connectivity index (χ0v) is 29.5. The summed E-state index contributed by atoms with van der Waals surface area (Å²) in [6.45, 7) is 12.5. The van der Waals surface area contributed by atoms with Crippen LogP contribution in [0.2, 0.25) is 0 Å². The van der Waals surface area contributed by atoms with Crippen LogP contribution in [-0.2, 0) is 44.3 Å². The van der Waals surface area contributed by atoms with Crippen molar-refractivity contribution in [1.82, 2.24) is 10.9 Å². The number of amides is 2. The van der Waals surface area contributed by atoms with Crippen LogP contribution in [0.15, 0.2) is 77.2 Å². The molecule has 2 aliphatic heterocycles. The van der Waals surface area contributed by atoms with Crippen molar-refractivity contribution in [2.24, 2.45) is 10.9 Å². The highest BCUT2D eigenvalue weighted by Gasteiger charge is 2.38. The number of hydrogen-bond donors (Lipinski definition) is 3. The molecule has 49 heavy (non-hydrogen) atoms. The standard InChI is InChI=1S/C18H23N3O3.C13H15NO.C5H10N2O3/c1-5-24-17(23)12-16(22)20-19-11-10-15-18(2,3)13-8-6-7-9-14(13)21(15)4;1-13(2)10-6-4-5-7-11(10)14(3)12(13)8-9-15;1-2-10-5(9)3-4(8)7-6/h6-11H,5,12H2,1-4H3,(H,20,22);4-9H,1-3H3;2-3,6H2,1H3,(H,7,8)/b15-10-,19-11+;12-8-;. The van der Waals surface area contributed by atoms with Gasteiger partial charge in [0.25, 0.3) is 5.91 Å². The number of allylic oxidation sites excluding steroid dienone is 4. The summed E-state index contributed by atoms with van der Waals surface area (Å²) in [7, 11) is 4.01. The van der Waals surface area contributed by atoms with E-state index in [1.165, 1.54) is 23.0 Å². The number of likely N-dealkylation sites (N-methyl/N-ethyl adjacent to an activating group) is 2. The zero-order valence-electron chi connectivity index (χ0n) is 29.5. The average molecular weight is 677 g/mol. The van der Waals surface area contributed by atoms with Gasteiger partial charge in [0.1, 0.15) is 19.1 Å². The van der Waals surface area contributed by atoms with E-state index in [0.29, 0.717) is 0 Å². The van der Waals surface area contributed by atoms with E-state index in [4.69, 9.17) is 10.6 Å². The van der Waals surface area contributed by atoms with Gasteiger partial charge in [0.2, 0.25) is 5.91 Å². The van der Waals surface area contributed by atoms with Crippen LogP contribution < -0.4 is 26.5 Å². The number of nitrogens with one attached hydrogen (secondary N) is 2. The van der Waals surface area contributed by atoms with E-state index in [0.717, 1.165) is 23.4 Å². The second-order valence-corrected chi connectivity index (χ2v) is 12.0. The van der Waals surface area contributed by atoms with Gasteiger partial charge >= 0.3 is 11.9 Å². The van der Waals surface area contributed by atoms with Crippen LogP contribution in [0.1, 0.15) is 65.5 Å². The number of hydrazone groups is 1. The first-order valence-corrected chi connectivity index (χ1v) is 15.8. The van der Waals surface area contributed by atoms with Crippen LogP contribution >= 0.6 is 0 Å². The minimum absolute atomic E-state index is 0.0771. The molecule has 0 aliphatic carbocycles. The fourth-order valence-electron chi connectivity index (χ4n) is 5.66. The van der Waals surface area contributed by atoms with Gasteiger partial charge in [0, 0.05) is 53.9 Å². The molecule has 264 valence electrons. The normalized spacial score (nSPS) is 16.4. The largest absolute Gasteiger partial charge is 0.466 e. The number of esters is 2. The van der Waals surface area contributed by atoms with E-state index in [2.05, 4.69) is 77.0 Å². The molecule has 0 saturated heterocycles. The summed E-state index contributed by atoms with van der Waals surface area (Å²) >= 11 is 0. The Bertz CT molecular complexity index is 1600. The monoisotopic (exact) mass is 676 g/mol. The van der Waals surface area contributed by atoms with E-state index in [1.807, 2.05) is 49.9 Å². The van der Waals surface area contributed by atoms with E-state index in [1.54, 1.807) is 19.9 Å².